The van der Waals surface area contributed by atoms with Crippen LogP contribution < -0.4 is 0 Å². The zero-order valence-electron chi connectivity index (χ0n) is 15.6. The Morgan fingerprint density at radius 2 is 2.12 bits per heavy atom. The van der Waals surface area contributed by atoms with Crippen LogP contribution in [0.3, 0.4) is 0 Å². The lowest BCUT2D eigenvalue weighted by Gasteiger charge is -2.34. The number of nitrogens with zero attached hydrogens (tertiary/aromatic N) is 4. The molecule has 3 rings (SSSR count). The number of amides is 1. The monoisotopic (exact) mass is 350 g/mol. The van der Waals surface area contributed by atoms with Gasteiger partial charge in [-0.2, -0.15) is 0 Å². The number of imidazole rings is 1. The molecule has 3 heterocycles. The van der Waals surface area contributed by atoms with Gasteiger partial charge in [0.25, 0.3) is 0 Å². The number of ether oxygens (including phenoxy) is 2. The van der Waals surface area contributed by atoms with Gasteiger partial charge in [-0.3, -0.25) is 4.79 Å². The molecule has 0 saturated carbocycles. The van der Waals surface area contributed by atoms with Crippen LogP contribution in [0.2, 0.25) is 0 Å². The summed E-state index contributed by atoms with van der Waals surface area (Å²) in [4.78, 5) is 20.8. The smallest absolute Gasteiger partial charge is 0.237 e. The summed E-state index contributed by atoms with van der Waals surface area (Å²) in [6.07, 6.45) is 4.00. The fourth-order valence-corrected chi connectivity index (χ4v) is 3.71. The highest BCUT2D eigenvalue weighted by Gasteiger charge is 2.31. The molecule has 7 heteroatoms. The van der Waals surface area contributed by atoms with Crippen LogP contribution in [-0.2, 0) is 27.9 Å². The average molecular weight is 350 g/mol. The third kappa shape index (κ3) is 4.59. The van der Waals surface area contributed by atoms with E-state index in [2.05, 4.69) is 9.55 Å². The van der Waals surface area contributed by atoms with Crippen molar-refractivity contribution in [3.63, 3.8) is 0 Å². The molecule has 1 fully saturated rings. The third-order valence-electron chi connectivity index (χ3n) is 5.05. The molecule has 0 aliphatic carbocycles. The van der Waals surface area contributed by atoms with Crippen LogP contribution in [0.4, 0.5) is 0 Å². The maximum Gasteiger partial charge on any atom is 0.237 e. The van der Waals surface area contributed by atoms with Crippen LogP contribution in [0.5, 0.6) is 0 Å². The van der Waals surface area contributed by atoms with Gasteiger partial charge in [-0.25, -0.2) is 4.98 Å². The second-order valence-corrected chi connectivity index (χ2v) is 7.49. The van der Waals surface area contributed by atoms with Gasteiger partial charge in [0.15, 0.2) is 0 Å². The molecule has 1 aromatic rings. The lowest BCUT2D eigenvalue weighted by Crippen LogP contribution is -2.43. The van der Waals surface area contributed by atoms with Crippen molar-refractivity contribution >= 4 is 5.91 Å². The van der Waals surface area contributed by atoms with Gasteiger partial charge in [0, 0.05) is 45.0 Å². The first-order chi connectivity index (χ1) is 12.0. The maximum atomic E-state index is 12.5. The van der Waals surface area contributed by atoms with Crippen molar-refractivity contribution in [2.24, 2.45) is 13.0 Å². The van der Waals surface area contributed by atoms with Gasteiger partial charge in [0.1, 0.15) is 0 Å². The van der Waals surface area contributed by atoms with Crippen molar-refractivity contribution in [2.75, 3.05) is 53.6 Å². The number of rotatable bonds is 6. The first kappa shape index (κ1) is 18.4. The molecule has 1 aromatic heterocycles. The minimum absolute atomic E-state index is 0.149. The lowest BCUT2D eigenvalue weighted by molar-refractivity contribution is -0.133. The highest BCUT2D eigenvalue weighted by atomic mass is 16.5. The van der Waals surface area contributed by atoms with Crippen molar-refractivity contribution in [1.29, 1.82) is 0 Å². The molecule has 2 aliphatic rings. The highest BCUT2D eigenvalue weighted by Crippen LogP contribution is 2.28. The quantitative estimate of drug-likeness (QED) is 0.761. The van der Waals surface area contributed by atoms with Crippen molar-refractivity contribution < 1.29 is 14.3 Å². The second-order valence-electron chi connectivity index (χ2n) is 7.49. The number of carbonyl (C=O) groups is 1. The molecule has 2 aliphatic heterocycles. The van der Waals surface area contributed by atoms with Crippen LogP contribution in [0.1, 0.15) is 30.1 Å². The Bertz CT molecular complexity index is 581. The normalized spacial score (nSPS) is 21.6. The fourth-order valence-electron chi connectivity index (χ4n) is 3.71. The van der Waals surface area contributed by atoms with Crippen LogP contribution in [0, 0.1) is 5.92 Å². The van der Waals surface area contributed by atoms with E-state index in [4.69, 9.17) is 9.47 Å². The van der Waals surface area contributed by atoms with E-state index < -0.39 is 0 Å². The molecule has 1 atom stereocenters. The van der Waals surface area contributed by atoms with Gasteiger partial charge in [0.05, 0.1) is 31.7 Å². The maximum absolute atomic E-state index is 12.5. The summed E-state index contributed by atoms with van der Waals surface area (Å²) in [6.45, 7) is 4.82. The molecule has 0 aromatic carbocycles. The van der Waals surface area contributed by atoms with Crippen molar-refractivity contribution in [3.05, 3.63) is 17.7 Å². The summed E-state index contributed by atoms with van der Waals surface area (Å²) in [5, 5.41) is 0. The largest absolute Gasteiger partial charge is 0.381 e. The molecule has 140 valence electrons. The first-order valence-corrected chi connectivity index (χ1v) is 9.12. The summed E-state index contributed by atoms with van der Waals surface area (Å²) in [5.41, 5.74) is 2.21. The Kier molecular flexibility index (Phi) is 6.09. The molecular weight excluding hydrogens is 320 g/mol. The van der Waals surface area contributed by atoms with Gasteiger partial charge >= 0.3 is 0 Å². The van der Waals surface area contributed by atoms with Gasteiger partial charge in [-0.15, -0.1) is 0 Å². The fraction of sp³-hybridized carbons (Fsp3) is 0.778. The summed E-state index contributed by atoms with van der Waals surface area (Å²) in [6, 6.07) is 0. The Labute approximate surface area is 149 Å². The zero-order chi connectivity index (χ0) is 17.8. The molecule has 1 amide bonds. The van der Waals surface area contributed by atoms with Crippen LogP contribution in [-0.4, -0.2) is 78.9 Å². The number of carbonyl (C=O) groups excluding carboxylic acids is 1. The molecule has 0 bridgehead atoms. The number of hydrogen-bond acceptors (Lipinski definition) is 5. The van der Waals surface area contributed by atoms with E-state index in [-0.39, 0.29) is 11.8 Å². The van der Waals surface area contributed by atoms with E-state index in [0.29, 0.717) is 32.2 Å². The third-order valence-corrected chi connectivity index (χ3v) is 5.05. The van der Waals surface area contributed by atoms with E-state index in [1.165, 1.54) is 5.69 Å². The predicted molar refractivity (Wildman–Crippen MR) is 94.3 cm³/mol. The SMILES string of the molecule is CN(C)CC(=O)N1Cc2ncn(C)c2[C@@H](COCC2CCOCC2)C1. The van der Waals surface area contributed by atoms with Crippen LogP contribution in [0.15, 0.2) is 6.33 Å². The molecule has 0 N–H and O–H groups in total. The number of likely N-dealkylation sites (N-methyl/N-ethyl adjacent to an activating group) is 1. The Morgan fingerprint density at radius 1 is 1.36 bits per heavy atom. The molecule has 7 nitrogen and oxygen atoms in total. The van der Waals surface area contributed by atoms with Gasteiger partial charge in [-0.05, 0) is 32.9 Å². The van der Waals surface area contributed by atoms with E-state index in [9.17, 15) is 4.79 Å². The van der Waals surface area contributed by atoms with E-state index >= 15 is 0 Å². The van der Waals surface area contributed by atoms with Gasteiger partial charge in [0.2, 0.25) is 5.91 Å². The van der Waals surface area contributed by atoms with E-state index in [1.54, 1.807) is 0 Å². The first-order valence-electron chi connectivity index (χ1n) is 9.12. The number of aryl methyl sites for hydroxylation is 1. The van der Waals surface area contributed by atoms with Crippen molar-refractivity contribution in [2.45, 2.75) is 25.3 Å². The average Bonchev–Trinajstić information content (AvgIpc) is 2.96. The minimum atomic E-state index is 0.149. The lowest BCUT2D eigenvalue weighted by atomic mass is 9.98. The van der Waals surface area contributed by atoms with Gasteiger partial charge < -0.3 is 23.8 Å². The second kappa shape index (κ2) is 8.29. The summed E-state index contributed by atoms with van der Waals surface area (Å²) in [5.74, 6) is 0.924. The standard InChI is InChI=1S/C18H30N4O3/c1-20(2)10-17(23)22-8-15(18-16(9-22)19-13-21(18)3)12-25-11-14-4-6-24-7-5-14/h13-15H,4-12H2,1-3H3/t15-/m1/s1. The number of fused-ring (bicyclic) bond motifs is 1. The predicted octanol–water partition coefficient (Wildman–Crippen LogP) is 0.851. The summed E-state index contributed by atoms with van der Waals surface area (Å²) < 4.78 is 13.5. The highest BCUT2D eigenvalue weighted by molar-refractivity contribution is 5.78. The molecule has 25 heavy (non-hydrogen) atoms. The summed E-state index contributed by atoms with van der Waals surface area (Å²) >= 11 is 0. The number of aromatic nitrogens is 2. The molecule has 0 radical (unpaired) electrons. The Hall–Kier alpha value is -1.44. The molecule has 1 saturated heterocycles. The minimum Gasteiger partial charge on any atom is -0.381 e. The Morgan fingerprint density at radius 3 is 2.84 bits per heavy atom. The molecular formula is C18H30N4O3. The van der Waals surface area contributed by atoms with E-state index in [0.717, 1.165) is 38.4 Å². The number of hydrogen-bond donors (Lipinski definition) is 0. The van der Waals surface area contributed by atoms with Crippen molar-refractivity contribution in [3.8, 4) is 0 Å². The van der Waals surface area contributed by atoms with Crippen LogP contribution >= 0.6 is 0 Å². The Balaban J connectivity index is 1.61. The molecule has 0 unspecified atom stereocenters. The topological polar surface area (TPSA) is 59.8 Å². The zero-order valence-corrected chi connectivity index (χ0v) is 15.6. The van der Waals surface area contributed by atoms with Gasteiger partial charge in [-0.1, -0.05) is 0 Å². The van der Waals surface area contributed by atoms with E-state index in [1.807, 2.05) is 37.3 Å². The van der Waals surface area contributed by atoms with Crippen molar-refractivity contribution in [1.82, 2.24) is 19.4 Å². The molecule has 0 spiro atoms. The summed E-state index contributed by atoms with van der Waals surface area (Å²) in [7, 11) is 5.86. The van der Waals surface area contributed by atoms with Crippen LogP contribution in [0.25, 0.3) is 0 Å².